The smallest absolute Gasteiger partial charge is 0.253 e. The summed E-state index contributed by atoms with van der Waals surface area (Å²) in [6.07, 6.45) is 0. The van der Waals surface area contributed by atoms with E-state index in [4.69, 9.17) is 5.41 Å². The van der Waals surface area contributed by atoms with Crippen LogP contribution < -0.4 is 5.32 Å². The number of aliphatic hydroxyl groups is 1. The SMILES string of the molecule is CN1C(=N)NC(=O)C1C1(O)C(=O)c2ccccc2C1=O. The molecular formula is C13H11N3O4. The molecule has 7 nitrogen and oxygen atoms in total. The van der Waals surface area contributed by atoms with Crippen molar-refractivity contribution >= 4 is 23.4 Å². The molecule has 1 atom stereocenters. The van der Waals surface area contributed by atoms with E-state index >= 15 is 0 Å². The zero-order valence-electron chi connectivity index (χ0n) is 10.5. The van der Waals surface area contributed by atoms with Gasteiger partial charge in [0.15, 0.2) is 12.0 Å². The monoisotopic (exact) mass is 273 g/mol. The Morgan fingerprint density at radius 1 is 1.20 bits per heavy atom. The lowest BCUT2D eigenvalue weighted by molar-refractivity contribution is -0.125. The van der Waals surface area contributed by atoms with Crippen molar-refractivity contribution in [2.75, 3.05) is 7.05 Å². The van der Waals surface area contributed by atoms with Crippen LogP contribution in [0.3, 0.4) is 0 Å². The van der Waals surface area contributed by atoms with E-state index in [0.29, 0.717) is 0 Å². The first kappa shape index (κ1) is 12.5. The van der Waals surface area contributed by atoms with Crippen LogP contribution in [0.15, 0.2) is 24.3 Å². The van der Waals surface area contributed by atoms with Crippen LogP contribution in [0.2, 0.25) is 0 Å². The number of Topliss-reactive ketones (excluding diaryl/α,β-unsaturated/α-hetero) is 2. The molecule has 0 spiro atoms. The molecule has 3 rings (SSSR count). The topological polar surface area (TPSA) is 111 Å². The minimum absolute atomic E-state index is 0.0969. The van der Waals surface area contributed by atoms with Crippen molar-refractivity contribution in [2.24, 2.45) is 0 Å². The van der Waals surface area contributed by atoms with Crippen molar-refractivity contribution in [2.45, 2.75) is 11.6 Å². The van der Waals surface area contributed by atoms with Gasteiger partial charge >= 0.3 is 0 Å². The molecule has 1 aromatic rings. The molecule has 1 fully saturated rings. The lowest BCUT2D eigenvalue weighted by Gasteiger charge is -2.29. The van der Waals surface area contributed by atoms with Crippen molar-refractivity contribution in [3.8, 4) is 0 Å². The van der Waals surface area contributed by atoms with Crippen molar-refractivity contribution in [1.82, 2.24) is 10.2 Å². The Labute approximate surface area is 113 Å². The van der Waals surface area contributed by atoms with Crippen LogP contribution in [0.4, 0.5) is 0 Å². The van der Waals surface area contributed by atoms with Crippen LogP contribution in [-0.4, -0.2) is 52.1 Å². The minimum Gasteiger partial charge on any atom is -0.372 e. The van der Waals surface area contributed by atoms with Gasteiger partial charge in [-0.1, -0.05) is 24.3 Å². The Kier molecular flexibility index (Phi) is 2.33. The number of hydrogen-bond acceptors (Lipinski definition) is 5. The summed E-state index contributed by atoms with van der Waals surface area (Å²) in [4.78, 5) is 37.7. The molecule has 1 aromatic carbocycles. The fourth-order valence-corrected chi connectivity index (χ4v) is 2.69. The number of fused-ring (bicyclic) bond motifs is 1. The summed E-state index contributed by atoms with van der Waals surface area (Å²) in [5.41, 5.74) is -2.29. The lowest BCUT2D eigenvalue weighted by atomic mass is 9.88. The highest BCUT2D eigenvalue weighted by atomic mass is 16.3. The van der Waals surface area contributed by atoms with Crippen molar-refractivity contribution in [1.29, 1.82) is 5.41 Å². The highest BCUT2D eigenvalue weighted by molar-refractivity contribution is 6.34. The summed E-state index contributed by atoms with van der Waals surface area (Å²) in [6.45, 7) is 0. The fraction of sp³-hybridized carbons (Fsp3) is 0.231. The number of carbonyl (C=O) groups excluding carboxylic acids is 3. The van der Waals surface area contributed by atoms with E-state index in [1.165, 1.54) is 19.2 Å². The predicted octanol–water partition coefficient (Wildman–Crippen LogP) is -0.838. The number of benzene rings is 1. The van der Waals surface area contributed by atoms with Gasteiger partial charge < -0.3 is 10.0 Å². The summed E-state index contributed by atoms with van der Waals surface area (Å²) < 4.78 is 0. The van der Waals surface area contributed by atoms with Crippen LogP contribution >= 0.6 is 0 Å². The average molecular weight is 273 g/mol. The maximum absolute atomic E-state index is 12.4. The quantitative estimate of drug-likeness (QED) is 0.578. The molecule has 1 aliphatic heterocycles. The van der Waals surface area contributed by atoms with Crippen molar-refractivity contribution in [3.05, 3.63) is 35.4 Å². The van der Waals surface area contributed by atoms with Crippen molar-refractivity contribution in [3.63, 3.8) is 0 Å². The first-order valence-electron chi connectivity index (χ1n) is 5.92. The van der Waals surface area contributed by atoms with Crippen LogP contribution in [0.5, 0.6) is 0 Å². The van der Waals surface area contributed by atoms with Crippen LogP contribution in [0.25, 0.3) is 0 Å². The van der Waals surface area contributed by atoms with Gasteiger partial charge in [0.05, 0.1) is 0 Å². The average Bonchev–Trinajstić information content (AvgIpc) is 2.79. The molecule has 1 saturated heterocycles. The molecule has 0 radical (unpaired) electrons. The molecule has 1 unspecified atom stereocenters. The number of guanidine groups is 1. The van der Waals surface area contributed by atoms with E-state index in [1.807, 2.05) is 0 Å². The largest absolute Gasteiger partial charge is 0.372 e. The second kappa shape index (κ2) is 3.73. The highest BCUT2D eigenvalue weighted by Crippen LogP contribution is 2.35. The molecule has 20 heavy (non-hydrogen) atoms. The molecule has 0 bridgehead atoms. The molecular weight excluding hydrogens is 262 g/mol. The van der Waals surface area contributed by atoms with Gasteiger partial charge in [-0.2, -0.15) is 0 Å². The van der Waals surface area contributed by atoms with E-state index in [1.54, 1.807) is 12.1 Å². The molecule has 1 amide bonds. The fourth-order valence-electron chi connectivity index (χ4n) is 2.69. The molecule has 102 valence electrons. The third-order valence-electron chi connectivity index (χ3n) is 3.73. The Bertz CT molecular complexity index is 647. The Hall–Kier alpha value is -2.54. The number of rotatable bonds is 1. The lowest BCUT2D eigenvalue weighted by Crippen LogP contribution is -2.59. The van der Waals surface area contributed by atoms with Crippen LogP contribution in [-0.2, 0) is 4.79 Å². The molecule has 7 heteroatoms. The van der Waals surface area contributed by atoms with Gasteiger partial charge in [0, 0.05) is 18.2 Å². The first-order valence-corrected chi connectivity index (χ1v) is 5.92. The minimum atomic E-state index is -2.48. The first-order chi connectivity index (χ1) is 9.39. The third-order valence-corrected chi connectivity index (χ3v) is 3.73. The maximum Gasteiger partial charge on any atom is 0.253 e. The van der Waals surface area contributed by atoms with Crippen LogP contribution in [0, 0.1) is 5.41 Å². The summed E-state index contributed by atoms with van der Waals surface area (Å²) in [7, 11) is 1.37. The van der Waals surface area contributed by atoms with Gasteiger partial charge in [-0.15, -0.1) is 0 Å². The molecule has 0 saturated carbocycles. The highest BCUT2D eigenvalue weighted by Gasteiger charge is 2.62. The second-order valence-electron chi connectivity index (χ2n) is 4.82. The zero-order valence-corrected chi connectivity index (χ0v) is 10.5. The molecule has 1 heterocycles. The number of nitrogens with one attached hydrogen (secondary N) is 2. The number of hydrogen-bond donors (Lipinski definition) is 3. The van der Waals surface area contributed by atoms with E-state index in [-0.39, 0.29) is 17.1 Å². The summed E-state index contributed by atoms with van der Waals surface area (Å²) in [5, 5.41) is 20.3. The zero-order chi connectivity index (χ0) is 14.7. The van der Waals surface area contributed by atoms with Gasteiger partial charge in [0.1, 0.15) is 0 Å². The number of nitrogens with zero attached hydrogens (tertiary/aromatic N) is 1. The number of likely N-dealkylation sites (N-methyl/N-ethyl adjacent to an activating group) is 1. The maximum atomic E-state index is 12.4. The second-order valence-corrected chi connectivity index (χ2v) is 4.82. The summed E-state index contributed by atoms with van der Waals surface area (Å²) in [6, 6.07) is 4.60. The van der Waals surface area contributed by atoms with E-state index in [9.17, 15) is 19.5 Å². The van der Waals surface area contributed by atoms with E-state index < -0.39 is 29.1 Å². The summed E-state index contributed by atoms with van der Waals surface area (Å²) >= 11 is 0. The third kappa shape index (κ3) is 1.27. The number of ketones is 2. The predicted molar refractivity (Wildman–Crippen MR) is 67.5 cm³/mol. The van der Waals surface area contributed by atoms with E-state index in [0.717, 1.165) is 4.90 Å². The molecule has 2 aliphatic rings. The molecule has 0 aromatic heterocycles. The van der Waals surface area contributed by atoms with Crippen LogP contribution in [0.1, 0.15) is 20.7 Å². The summed E-state index contributed by atoms with van der Waals surface area (Å²) in [5.74, 6) is -2.61. The van der Waals surface area contributed by atoms with Gasteiger partial charge in [0.25, 0.3) is 5.91 Å². The molecule has 3 N–H and O–H groups in total. The Balaban J connectivity index is 2.16. The van der Waals surface area contributed by atoms with Gasteiger partial charge in [-0.05, 0) is 0 Å². The standard InChI is InChI=1S/C13H11N3O4/c1-16-8(11(19)15-12(16)14)13(20)9(17)6-4-2-3-5-7(6)10(13)18/h2-5,8,20H,1H3,(H2,14,15,19). The Morgan fingerprint density at radius 3 is 2.10 bits per heavy atom. The van der Waals surface area contributed by atoms with Gasteiger partial charge in [-0.3, -0.25) is 25.1 Å². The van der Waals surface area contributed by atoms with Gasteiger partial charge in [0.2, 0.25) is 17.2 Å². The van der Waals surface area contributed by atoms with Crippen molar-refractivity contribution < 1.29 is 19.5 Å². The number of carbonyl (C=O) groups is 3. The van der Waals surface area contributed by atoms with Gasteiger partial charge in [-0.25, -0.2) is 0 Å². The number of amides is 1. The normalized spacial score (nSPS) is 24.1. The Morgan fingerprint density at radius 2 is 1.70 bits per heavy atom. The van der Waals surface area contributed by atoms with E-state index in [2.05, 4.69) is 5.32 Å². The molecule has 1 aliphatic carbocycles.